The molecular formula is C25H27BrN2O5S. The van der Waals surface area contributed by atoms with Gasteiger partial charge in [-0.15, -0.1) is 0 Å². The molecule has 34 heavy (non-hydrogen) atoms. The molecule has 0 aliphatic heterocycles. The van der Waals surface area contributed by atoms with Gasteiger partial charge in [-0.2, -0.15) is 0 Å². The van der Waals surface area contributed by atoms with Gasteiger partial charge in [0, 0.05) is 10.0 Å². The molecule has 0 bridgehead atoms. The smallest absolute Gasteiger partial charge is 0.264 e. The van der Waals surface area contributed by atoms with Crippen molar-refractivity contribution in [2.45, 2.75) is 24.8 Å². The van der Waals surface area contributed by atoms with Gasteiger partial charge in [-0.3, -0.25) is 9.10 Å². The van der Waals surface area contributed by atoms with Gasteiger partial charge in [-0.25, -0.2) is 8.42 Å². The Kier molecular flexibility index (Phi) is 8.22. The second-order valence-electron chi connectivity index (χ2n) is 7.70. The Morgan fingerprint density at radius 3 is 2.35 bits per heavy atom. The van der Waals surface area contributed by atoms with Crippen LogP contribution in [-0.4, -0.2) is 35.1 Å². The molecule has 1 amide bonds. The number of aryl methyl sites for hydroxylation is 1. The Bertz CT molecular complexity index is 1260. The van der Waals surface area contributed by atoms with Crippen LogP contribution in [0.1, 0.15) is 24.1 Å². The summed E-state index contributed by atoms with van der Waals surface area (Å²) >= 11 is 3.38. The first-order valence-corrected chi connectivity index (χ1v) is 12.7. The van der Waals surface area contributed by atoms with E-state index < -0.39 is 28.5 Å². The number of rotatable bonds is 9. The van der Waals surface area contributed by atoms with Crippen molar-refractivity contribution in [3.63, 3.8) is 0 Å². The number of nitrogens with zero attached hydrogens (tertiary/aromatic N) is 1. The highest BCUT2D eigenvalue weighted by atomic mass is 79.9. The van der Waals surface area contributed by atoms with Crippen molar-refractivity contribution in [1.82, 2.24) is 5.32 Å². The van der Waals surface area contributed by atoms with Crippen LogP contribution in [0.4, 0.5) is 5.69 Å². The van der Waals surface area contributed by atoms with Gasteiger partial charge in [-0.05, 0) is 62.4 Å². The average molecular weight is 547 g/mol. The standard InChI is InChI=1S/C25H27BrN2O5S/c1-17-8-11-22(12-9-17)34(30,31)28(20-7-5-6-19(26)14-20)16-25(29)27-18(2)23-15-21(32-3)10-13-24(23)33-4/h5-15,18H,16H2,1-4H3,(H,27,29)/t18-/m1/s1. The maximum absolute atomic E-state index is 13.5. The third kappa shape index (κ3) is 5.90. The normalized spacial score (nSPS) is 12.0. The maximum Gasteiger partial charge on any atom is 0.264 e. The largest absolute Gasteiger partial charge is 0.497 e. The molecule has 1 N–H and O–H groups in total. The van der Waals surface area contributed by atoms with Gasteiger partial charge in [-0.1, -0.05) is 39.7 Å². The summed E-state index contributed by atoms with van der Waals surface area (Å²) in [5.74, 6) is 0.743. The van der Waals surface area contributed by atoms with Crippen molar-refractivity contribution in [3.8, 4) is 11.5 Å². The third-order valence-electron chi connectivity index (χ3n) is 5.27. The van der Waals surface area contributed by atoms with Crippen LogP contribution in [0.15, 0.2) is 76.1 Å². The van der Waals surface area contributed by atoms with Gasteiger partial charge in [0.1, 0.15) is 18.0 Å². The van der Waals surface area contributed by atoms with Crippen molar-refractivity contribution >= 4 is 37.5 Å². The van der Waals surface area contributed by atoms with Crippen LogP contribution in [0.3, 0.4) is 0 Å². The first-order chi connectivity index (χ1) is 16.1. The van der Waals surface area contributed by atoms with E-state index in [1.54, 1.807) is 75.7 Å². The predicted molar refractivity (Wildman–Crippen MR) is 136 cm³/mol. The lowest BCUT2D eigenvalue weighted by molar-refractivity contribution is -0.120. The molecule has 0 saturated heterocycles. The first-order valence-electron chi connectivity index (χ1n) is 10.5. The number of hydrogen-bond acceptors (Lipinski definition) is 5. The zero-order chi connectivity index (χ0) is 24.9. The summed E-state index contributed by atoms with van der Waals surface area (Å²) in [6, 6.07) is 18.2. The fourth-order valence-corrected chi connectivity index (χ4v) is 5.26. The fraction of sp³-hybridized carbons (Fsp3) is 0.240. The van der Waals surface area contributed by atoms with Crippen molar-refractivity contribution in [3.05, 3.63) is 82.3 Å². The number of anilines is 1. The quantitative estimate of drug-likeness (QED) is 0.414. The van der Waals surface area contributed by atoms with Crippen LogP contribution in [0.25, 0.3) is 0 Å². The van der Waals surface area contributed by atoms with Crippen LogP contribution in [0, 0.1) is 6.92 Å². The van der Waals surface area contributed by atoms with Crippen LogP contribution in [-0.2, 0) is 14.8 Å². The highest BCUT2D eigenvalue weighted by Crippen LogP contribution is 2.30. The number of hydrogen-bond donors (Lipinski definition) is 1. The van der Waals surface area contributed by atoms with E-state index in [-0.39, 0.29) is 4.90 Å². The Hall–Kier alpha value is -3.04. The highest BCUT2D eigenvalue weighted by Gasteiger charge is 2.28. The summed E-state index contributed by atoms with van der Waals surface area (Å²) in [6.45, 7) is 3.28. The van der Waals surface area contributed by atoms with E-state index >= 15 is 0 Å². The molecule has 180 valence electrons. The minimum absolute atomic E-state index is 0.105. The van der Waals surface area contributed by atoms with Crippen molar-refractivity contribution < 1.29 is 22.7 Å². The van der Waals surface area contributed by atoms with Gasteiger partial charge in [0.25, 0.3) is 10.0 Å². The molecule has 0 saturated carbocycles. The molecule has 9 heteroatoms. The second kappa shape index (κ2) is 10.9. The number of carbonyl (C=O) groups is 1. The molecular weight excluding hydrogens is 520 g/mol. The van der Waals surface area contributed by atoms with Crippen LogP contribution < -0.4 is 19.1 Å². The number of benzene rings is 3. The zero-order valence-electron chi connectivity index (χ0n) is 19.4. The molecule has 7 nitrogen and oxygen atoms in total. The minimum Gasteiger partial charge on any atom is -0.497 e. The van der Waals surface area contributed by atoms with Gasteiger partial charge >= 0.3 is 0 Å². The Balaban J connectivity index is 1.91. The molecule has 0 aliphatic rings. The van der Waals surface area contributed by atoms with Crippen LogP contribution >= 0.6 is 15.9 Å². The van der Waals surface area contributed by atoms with Gasteiger partial charge in [0.15, 0.2) is 0 Å². The first kappa shape index (κ1) is 25.6. The summed E-state index contributed by atoms with van der Waals surface area (Å²) in [5.41, 5.74) is 2.02. The SMILES string of the molecule is COc1ccc(OC)c([C@@H](C)NC(=O)CN(c2cccc(Br)c2)S(=O)(=O)c2ccc(C)cc2)c1. The lowest BCUT2D eigenvalue weighted by atomic mass is 10.1. The average Bonchev–Trinajstić information content (AvgIpc) is 2.82. The number of sulfonamides is 1. The van der Waals surface area contributed by atoms with E-state index in [2.05, 4.69) is 21.2 Å². The molecule has 0 radical (unpaired) electrons. The summed E-state index contributed by atoms with van der Waals surface area (Å²) in [6.07, 6.45) is 0. The minimum atomic E-state index is -4.00. The zero-order valence-corrected chi connectivity index (χ0v) is 21.8. The number of ether oxygens (including phenoxy) is 2. The van der Waals surface area contributed by atoms with E-state index in [0.29, 0.717) is 27.2 Å². The number of carbonyl (C=O) groups excluding carboxylic acids is 1. The van der Waals surface area contributed by atoms with E-state index in [9.17, 15) is 13.2 Å². The lowest BCUT2D eigenvalue weighted by Gasteiger charge is -2.25. The molecule has 0 heterocycles. The summed E-state index contributed by atoms with van der Waals surface area (Å²) < 4.78 is 39.6. The molecule has 1 atom stereocenters. The van der Waals surface area contributed by atoms with E-state index in [1.807, 2.05) is 6.92 Å². The van der Waals surface area contributed by atoms with Crippen LogP contribution in [0.2, 0.25) is 0 Å². The number of nitrogens with one attached hydrogen (secondary N) is 1. The molecule has 0 spiro atoms. The Morgan fingerprint density at radius 1 is 1.03 bits per heavy atom. The summed E-state index contributed by atoms with van der Waals surface area (Å²) in [7, 11) is -0.899. The Labute approximate surface area is 208 Å². The fourth-order valence-electron chi connectivity index (χ4n) is 3.46. The predicted octanol–water partition coefficient (Wildman–Crippen LogP) is 4.85. The van der Waals surface area contributed by atoms with Crippen LogP contribution in [0.5, 0.6) is 11.5 Å². The van der Waals surface area contributed by atoms with E-state index in [4.69, 9.17) is 9.47 Å². The summed E-state index contributed by atoms with van der Waals surface area (Å²) in [5, 5.41) is 2.88. The highest BCUT2D eigenvalue weighted by molar-refractivity contribution is 9.10. The molecule has 0 aromatic heterocycles. The third-order valence-corrected chi connectivity index (χ3v) is 7.55. The lowest BCUT2D eigenvalue weighted by Crippen LogP contribution is -2.41. The van der Waals surface area contributed by atoms with Gasteiger partial charge < -0.3 is 14.8 Å². The number of amides is 1. The monoisotopic (exact) mass is 546 g/mol. The van der Waals surface area contributed by atoms with Crippen molar-refractivity contribution in [2.75, 3.05) is 25.1 Å². The molecule has 3 aromatic rings. The molecule has 3 rings (SSSR count). The molecule has 0 fully saturated rings. The van der Waals surface area contributed by atoms with Gasteiger partial charge in [0.05, 0.1) is 30.8 Å². The number of halogens is 1. The maximum atomic E-state index is 13.5. The summed E-state index contributed by atoms with van der Waals surface area (Å²) in [4.78, 5) is 13.2. The molecule has 0 aliphatic carbocycles. The molecule has 3 aromatic carbocycles. The molecule has 0 unspecified atom stereocenters. The van der Waals surface area contributed by atoms with E-state index in [1.165, 1.54) is 12.1 Å². The van der Waals surface area contributed by atoms with E-state index in [0.717, 1.165) is 9.87 Å². The topological polar surface area (TPSA) is 84.9 Å². The van der Waals surface area contributed by atoms with Crippen molar-refractivity contribution in [2.24, 2.45) is 0 Å². The Morgan fingerprint density at radius 2 is 1.74 bits per heavy atom. The number of methoxy groups -OCH3 is 2. The van der Waals surface area contributed by atoms with Gasteiger partial charge in [0.2, 0.25) is 5.91 Å². The van der Waals surface area contributed by atoms with Crippen molar-refractivity contribution in [1.29, 1.82) is 0 Å². The second-order valence-corrected chi connectivity index (χ2v) is 10.5.